The zero-order valence-corrected chi connectivity index (χ0v) is 22.9. The van der Waals surface area contributed by atoms with Crippen molar-refractivity contribution in [3.05, 3.63) is 88.2 Å². The van der Waals surface area contributed by atoms with Crippen molar-refractivity contribution >= 4 is 29.1 Å². The summed E-state index contributed by atoms with van der Waals surface area (Å²) in [4.78, 5) is 44.4. The number of nitrogens with one attached hydrogen (secondary N) is 2. The van der Waals surface area contributed by atoms with Gasteiger partial charge in [-0.15, -0.1) is 0 Å². The fourth-order valence-corrected chi connectivity index (χ4v) is 5.42. The highest BCUT2D eigenvalue weighted by atomic mass is 16.2. The largest absolute Gasteiger partial charge is 0.339 e. The Bertz CT molecular complexity index is 1390. The summed E-state index contributed by atoms with van der Waals surface area (Å²) < 4.78 is 0. The van der Waals surface area contributed by atoms with E-state index in [9.17, 15) is 14.4 Å². The molecule has 3 aromatic rings. The summed E-state index contributed by atoms with van der Waals surface area (Å²) in [5.41, 5.74) is 6.87. The molecule has 2 aromatic carbocycles. The lowest BCUT2D eigenvalue weighted by Gasteiger charge is -2.33. The van der Waals surface area contributed by atoms with E-state index in [-0.39, 0.29) is 17.7 Å². The van der Waals surface area contributed by atoms with E-state index in [0.717, 1.165) is 42.6 Å². The van der Waals surface area contributed by atoms with Crippen molar-refractivity contribution < 1.29 is 14.4 Å². The molecule has 2 aliphatic heterocycles. The molecular formula is C32H36N4O3. The standard InChI is InChI=1S/C32H36N4O3/c1-20(2)16-27-10-8-26(19-33-27)31(38)35-28-18-25(5-4-21(28)3)32(39)36-14-12-22(13-15-36)24-7-6-23-9-11-30(37)34-29(23)17-24/h4-8,10,17-20,22H,9,11-16H2,1-3H3,(H,34,37)(H,35,38). The maximum atomic E-state index is 13.4. The maximum Gasteiger partial charge on any atom is 0.257 e. The number of anilines is 2. The van der Waals surface area contributed by atoms with E-state index >= 15 is 0 Å². The molecule has 0 radical (unpaired) electrons. The number of aryl methyl sites for hydroxylation is 2. The SMILES string of the molecule is Cc1ccc(C(=O)N2CCC(c3ccc4c(c3)NC(=O)CC4)CC2)cc1NC(=O)c1ccc(CC(C)C)nc1. The van der Waals surface area contributed by atoms with Gasteiger partial charge in [-0.3, -0.25) is 19.4 Å². The Kier molecular flexibility index (Phi) is 7.77. The first kappa shape index (κ1) is 26.6. The number of aromatic nitrogens is 1. The number of carbonyl (C=O) groups is 3. The number of benzene rings is 2. The van der Waals surface area contributed by atoms with Gasteiger partial charge in [-0.1, -0.05) is 32.0 Å². The number of pyridine rings is 1. The van der Waals surface area contributed by atoms with Crippen LogP contribution >= 0.6 is 0 Å². The molecule has 39 heavy (non-hydrogen) atoms. The molecule has 3 heterocycles. The average molecular weight is 525 g/mol. The van der Waals surface area contributed by atoms with Crippen LogP contribution in [0, 0.1) is 12.8 Å². The third kappa shape index (κ3) is 6.19. The van der Waals surface area contributed by atoms with Gasteiger partial charge in [0.1, 0.15) is 0 Å². The van der Waals surface area contributed by atoms with Gasteiger partial charge in [0.05, 0.1) is 5.56 Å². The Hall–Kier alpha value is -4.00. The molecule has 2 N–H and O–H groups in total. The molecular weight excluding hydrogens is 488 g/mol. The highest BCUT2D eigenvalue weighted by molar-refractivity contribution is 6.05. The Morgan fingerprint density at radius 1 is 1.03 bits per heavy atom. The van der Waals surface area contributed by atoms with Crippen LogP contribution in [0.2, 0.25) is 0 Å². The van der Waals surface area contributed by atoms with E-state index in [1.165, 1.54) is 11.1 Å². The van der Waals surface area contributed by atoms with Crippen LogP contribution in [-0.2, 0) is 17.6 Å². The molecule has 0 aliphatic carbocycles. The molecule has 0 bridgehead atoms. The van der Waals surface area contributed by atoms with E-state index in [2.05, 4.69) is 47.7 Å². The first-order valence-corrected chi connectivity index (χ1v) is 13.9. The van der Waals surface area contributed by atoms with Gasteiger partial charge in [-0.25, -0.2) is 0 Å². The molecule has 2 aliphatic rings. The second-order valence-electron chi connectivity index (χ2n) is 11.2. The summed E-state index contributed by atoms with van der Waals surface area (Å²) in [6, 6.07) is 15.6. The van der Waals surface area contributed by atoms with Crippen molar-refractivity contribution in [2.45, 2.75) is 58.8 Å². The number of rotatable bonds is 6. The van der Waals surface area contributed by atoms with Gasteiger partial charge in [0.15, 0.2) is 0 Å². The summed E-state index contributed by atoms with van der Waals surface area (Å²) >= 11 is 0. The molecule has 0 saturated carbocycles. The summed E-state index contributed by atoms with van der Waals surface area (Å²) in [6.45, 7) is 7.52. The summed E-state index contributed by atoms with van der Waals surface area (Å²) in [6.07, 6.45) is 5.54. The molecule has 5 rings (SSSR count). The number of piperidine rings is 1. The van der Waals surface area contributed by atoms with Gasteiger partial charge in [0, 0.05) is 48.3 Å². The molecule has 1 aromatic heterocycles. The van der Waals surface area contributed by atoms with Crippen LogP contribution in [-0.4, -0.2) is 40.7 Å². The third-order valence-electron chi connectivity index (χ3n) is 7.72. The number of carbonyl (C=O) groups excluding carboxylic acids is 3. The topological polar surface area (TPSA) is 91.4 Å². The number of amides is 3. The highest BCUT2D eigenvalue weighted by Crippen LogP contribution is 2.33. The smallest absolute Gasteiger partial charge is 0.257 e. The first-order valence-electron chi connectivity index (χ1n) is 13.9. The van der Waals surface area contributed by atoms with Gasteiger partial charge in [0.25, 0.3) is 11.8 Å². The third-order valence-corrected chi connectivity index (χ3v) is 7.72. The van der Waals surface area contributed by atoms with Crippen LogP contribution in [0.15, 0.2) is 54.7 Å². The first-order chi connectivity index (χ1) is 18.8. The monoisotopic (exact) mass is 524 g/mol. The zero-order valence-electron chi connectivity index (χ0n) is 22.9. The molecule has 0 spiro atoms. The second kappa shape index (κ2) is 11.4. The van der Waals surface area contributed by atoms with Crippen LogP contribution in [0.4, 0.5) is 11.4 Å². The van der Waals surface area contributed by atoms with E-state index in [4.69, 9.17) is 0 Å². The maximum absolute atomic E-state index is 13.4. The fourth-order valence-electron chi connectivity index (χ4n) is 5.42. The predicted molar refractivity (Wildman–Crippen MR) is 153 cm³/mol. The van der Waals surface area contributed by atoms with Crippen LogP contribution in [0.5, 0.6) is 0 Å². The molecule has 1 saturated heterocycles. The lowest BCUT2D eigenvalue weighted by molar-refractivity contribution is -0.116. The van der Waals surface area contributed by atoms with Crippen molar-refractivity contribution in [2.24, 2.45) is 5.92 Å². The second-order valence-corrected chi connectivity index (χ2v) is 11.2. The minimum Gasteiger partial charge on any atom is -0.339 e. The average Bonchev–Trinajstić information content (AvgIpc) is 2.93. The van der Waals surface area contributed by atoms with Crippen molar-refractivity contribution in [1.82, 2.24) is 9.88 Å². The molecule has 3 amide bonds. The molecule has 7 nitrogen and oxygen atoms in total. The lowest BCUT2D eigenvalue weighted by atomic mass is 9.87. The van der Waals surface area contributed by atoms with Crippen LogP contribution in [0.3, 0.4) is 0 Å². The number of hydrogen-bond donors (Lipinski definition) is 2. The quantitative estimate of drug-likeness (QED) is 0.430. The molecule has 1 fully saturated rings. The summed E-state index contributed by atoms with van der Waals surface area (Å²) in [5, 5.41) is 5.96. The fraction of sp³-hybridized carbons (Fsp3) is 0.375. The minimum absolute atomic E-state index is 0.0265. The van der Waals surface area contributed by atoms with Crippen molar-refractivity contribution in [1.29, 1.82) is 0 Å². The number of likely N-dealkylation sites (tertiary alicyclic amines) is 1. The zero-order chi connectivity index (χ0) is 27.5. The van der Waals surface area contributed by atoms with Crippen LogP contribution in [0.25, 0.3) is 0 Å². The van der Waals surface area contributed by atoms with Gasteiger partial charge >= 0.3 is 0 Å². The highest BCUT2D eigenvalue weighted by Gasteiger charge is 2.26. The van der Waals surface area contributed by atoms with E-state index in [1.807, 2.05) is 30.0 Å². The number of hydrogen-bond acceptors (Lipinski definition) is 4. The normalized spacial score (nSPS) is 15.6. The number of fused-ring (bicyclic) bond motifs is 1. The molecule has 202 valence electrons. The van der Waals surface area contributed by atoms with E-state index in [1.54, 1.807) is 18.3 Å². The minimum atomic E-state index is -0.242. The molecule has 0 atom stereocenters. The van der Waals surface area contributed by atoms with Crippen molar-refractivity contribution in [3.8, 4) is 0 Å². The van der Waals surface area contributed by atoms with Gasteiger partial charge in [0.2, 0.25) is 5.91 Å². The lowest BCUT2D eigenvalue weighted by Crippen LogP contribution is -2.38. The summed E-state index contributed by atoms with van der Waals surface area (Å²) in [7, 11) is 0. The van der Waals surface area contributed by atoms with Gasteiger partial charge in [-0.2, -0.15) is 0 Å². The predicted octanol–water partition coefficient (Wildman–Crippen LogP) is 5.75. The Morgan fingerprint density at radius 2 is 1.79 bits per heavy atom. The van der Waals surface area contributed by atoms with Crippen molar-refractivity contribution in [3.63, 3.8) is 0 Å². The van der Waals surface area contributed by atoms with Gasteiger partial charge < -0.3 is 15.5 Å². The van der Waals surface area contributed by atoms with Gasteiger partial charge in [-0.05, 0) is 91.5 Å². The van der Waals surface area contributed by atoms with E-state index in [0.29, 0.717) is 48.2 Å². The number of nitrogens with zero attached hydrogens (tertiary/aromatic N) is 2. The Balaban J connectivity index is 1.21. The Morgan fingerprint density at radius 3 is 2.51 bits per heavy atom. The molecule has 7 heteroatoms. The van der Waals surface area contributed by atoms with Crippen LogP contribution in [0.1, 0.15) is 82.1 Å². The van der Waals surface area contributed by atoms with E-state index < -0.39 is 0 Å². The van der Waals surface area contributed by atoms with Crippen LogP contribution < -0.4 is 10.6 Å². The Labute approximate surface area is 230 Å². The summed E-state index contributed by atoms with van der Waals surface area (Å²) in [5.74, 6) is 0.657. The molecule has 0 unspecified atom stereocenters. The van der Waals surface area contributed by atoms with Crippen molar-refractivity contribution in [2.75, 3.05) is 23.7 Å².